The molecular weight excluding hydrogens is 320 g/mol. The number of carbonyl (C=O) groups is 3. The fraction of sp³-hybridized carbons (Fsp3) is 0.400. The number of aliphatic carboxylic acids is 1. The topological polar surface area (TPSA) is 114 Å². The summed E-state index contributed by atoms with van der Waals surface area (Å²) in [5.74, 6) is -1.61. The van der Waals surface area contributed by atoms with Gasteiger partial charge in [0.25, 0.3) is 0 Å². The Bertz CT molecular complexity index is 674. The number of nitrogens with zero attached hydrogens (tertiary/aromatic N) is 1. The van der Waals surface area contributed by atoms with Gasteiger partial charge in [0.15, 0.2) is 11.5 Å². The molecular formula is C15H18N2O7. The molecule has 24 heavy (non-hydrogen) atoms. The Morgan fingerprint density at radius 3 is 2.54 bits per heavy atom. The van der Waals surface area contributed by atoms with Crippen LogP contribution in [0.1, 0.15) is 17.3 Å². The molecule has 1 heterocycles. The first-order chi connectivity index (χ1) is 11.3. The maximum absolute atomic E-state index is 12.2. The largest absolute Gasteiger partial charge is 0.481 e. The molecule has 0 aliphatic carbocycles. The van der Waals surface area contributed by atoms with E-state index in [4.69, 9.17) is 19.3 Å². The zero-order chi connectivity index (χ0) is 17.9. The number of amides is 2. The molecule has 2 amide bonds. The number of carbonyl (C=O) groups excluding carboxylic acids is 2. The second kappa shape index (κ2) is 7.07. The summed E-state index contributed by atoms with van der Waals surface area (Å²) in [6.07, 6.45) is 0. The second-order valence-electron chi connectivity index (χ2n) is 5.29. The summed E-state index contributed by atoms with van der Waals surface area (Å²) in [4.78, 5) is 36.2. The Morgan fingerprint density at radius 1 is 1.33 bits per heavy atom. The molecule has 0 saturated heterocycles. The Balaban J connectivity index is 2.20. The first kappa shape index (κ1) is 17.4. The van der Waals surface area contributed by atoms with Gasteiger partial charge in [-0.25, -0.2) is 9.59 Å². The molecule has 130 valence electrons. The minimum atomic E-state index is -1.01. The van der Waals surface area contributed by atoms with Crippen molar-refractivity contribution in [3.8, 4) is 11.5 Å². The number of benzene rings is 1. The summed E-state index contributed by atoms with van der Waals surface area (Å²) in [7, 11) is 2.68. The first-order valence-electron chi connectivity index (χ1n) is 7.10. The lowest BCUT2D eigenvalue weighted by molar-refractivity contribution is -0.141. The van der Waals surface area contributed by atoms with Gasteiger partial charge >= 0.3 is 18.0 Å². The molecule has 2 N–H and O–H groups in total. The number of ether oxygens (including phenoxy) is 3. The maximum Gasteiger partial charge on any atom is 0.340 e. The number of anilines is 1. The van der Waals surface area contributed by atoms with Gasteiger partial charge in [0, 0.05) is 25.7 Å². The van der Waals surface area contributed by atoms with E-state index in [0.29, 0.717) is 11.5 Å². The molecule has 9 nitrogen and oxygen atoms in total. The van der Waals surface area contributed by atoms with E-state index in [-0.39, 0.29) is 24.6 Å². The van der Waals surface area contributed by atoms with E-state index in [1.165, 1.54) is 38.1 Å². The summed E-state index contributed by atoms with van der Waals surface area (Å²) in [6, 6.07) is 2.32. The SMILES string of the molecule is COC(=O)c1cc2c(cc1NC(=O)N(C)CC(C)C(=O)O)OCO2. The molecule has 1 aromatic carbocycles. The molecule has 2 rings (SSSR count). The molecule has 9 heteroatoms. The Kier molecular flexibility index (Phi) is 5.12. The summed E-state index contributed by atoms with van der Waals surface area (Å²) >= 11 is 0. The molecule has 1 aliphatic rings. The van der Waals surface area contributed by atoms with Gasteiger partial charge in [0.1, 0.15) is 0 Å². The van der Waals surface area contributed by atoms with Crippen LogP contribution in [0.3, 0.4) is 0 Å². The molecule has 0 spiro atoms. The van der Waals surface area contributed by atoms with Crippen LogP contribution in [0.4, 0.5) is 10.5 Å². The van der Waals surface area contributed by atoms with Crippen LogP contribution in [0.25, 0.3) is 0 Å². The van der Waals surface area contributed by atoms with Crippen LogP contribution in [0.5, 0.6) is 11.5 Å². The second-order valence-corrected chi connectivity index (χ2v) is 5.29. The van der Waals surface area contributed by atoms with Crippen molar-refractivity contribution in [2.24, 2.45) is 5.92 Å². The van der Waals surface area contributed by atoms with Gasteiger partial charge in [0.2, 0.25) is 6.79 Å². The molecule has 1 atom stereocenters. The highest BCUT2D eigenvalue weighted by atomic mass is 16.7. The average Bonchev–Trinajstić information content (AvgIpc) is 3.00. The minimum Gasteiger partial charge on any atom is -0.481 e. The number of methoxy groups -OCH3 is 1. The number of carboxylic acid groups (broad SMARTS) is 1. The van der Waals surface area contributed by atoms with Gasteiger partial charge in [-0.3, -0.25) is 4.79 Å². The van der Waals surface area contributed by atoms with E-state index in [1.54, 1.807) is 0 Å². The lowest BCUT2D eigenvalue weighted by Crippen LogP contribution is -2.37. The van der Waals surface area contributed by atoms with E-state index >= 15 is 0 Å². The molecule has 0 aromatic heterocycles. The number of urea groups is 1. The van der Waals surface area contributed by atoms with Crippen molar-refractivity contribution in [1.82, 2.24) is 4.90 Å². The lowest BCUT2D eigenvalue weighted by Gasteiger charge is -2.21. The van der Waals surface area contributed by atoms with Crippen molar-refractivity contribution in [2.45, 2.75) is 6.92 Å². The van der Waals surface area contributed by atoms with Gasteiger partial charge in [-0.2, -0.15) is 0 Å². The van der Waals surface area contributed by atoms with Crippen LogP contribution in [-0.2, 0) is 9.53 Å². The van der Waals surface area contributed by atoms with E-state index in [1.807, 2.05) is 0 Å². The van der Waals surface area contributed by atoms with Crippen LogP contribution in [0, 0.1) is 5.92 Å². The highest BCUT2D eigenvalue weighted by Gasteiger charge is 2.24. The monoisotopic (exact) mass is 338 g/mol. The third-order valence-electron chi connectivity index (χ3n) is 3.48. The average molecular weight is 338 g/mol. The van der Waals surface area contributed by atoms with Crippen molar-refractivity contribution in [3.63, 3.8) is 0 Å². The zero-order valence-corrected chi connectivity index (χ0v) is 13.5. The van der Waals surface area contributed by atoms with Crippen LogP contribution in [0.15, 0.2) is 12.1 Å². The Morgan fingerprint density at radius 2 is 1.96 bits per heavy atom. The quantitative estimate of drug-likeness (QED) is 0.780. The predicted molar refractivity (Wildman–Crippen MR) is 82.4 cm³/mol. The van der Waals surface area contributed by atoms with Gasteiger partial charge < -0.3 is 29.5 Å². The van der Waals surface area contributed by atoms with Gasteiger partial charge in [0.05, 0.1) is 24.3 Å². The van der Waals surface area contributed by atoms with Gasteiger partial charge in [-0.05, 0) is 0 Å². The van der Waals surface area contributed by atoms with Crippen molar-refractivity contribution in [3.05, 3.63) is 17.7 Å². The number of hydrogen-bond donors (Lipinski definition) is 2. The molecule has 1 unspecified atom stereocenters. The smallest absolute Gasteiger partial charge is 0.340 e. The van der Waals surface area contributed by atoms with Crippen molar-refractivity contribution in [1.29, 1.82) is 0 Å². The zero-order valence-electron chi connectivity index (χ0n) is 13.5. The number of carboxylic acids is 1. The van der Waals surface area contributed by atoms with Crippen LogP contribution < -0.4 is 14.8 Å². The van der Waals surface area contributed by atoms with Crippen LogP contribution >= 0.6 is 0 Å². The van der Waals surface area contributed by atoms with E-state index in [2.05, 4.69) is 5.32 Å². The molecule has 1 aliphatic heterocycles. The molecule has 0 saturated carbocycles. The minimum absolute atomic E-state index is 0.0132. The third-order valence-corrected chi connectivity index (χ3v) is 3.48. The number of nitrogens with one attached hydrogen (secondary N) is 1. The summed E-state index contributed by atoms with van der Waals surface area (Å²) in [6.45, 7) is 1.52. The third kappa shape index (κ3) is 3.67. The van der Waals surface area contributed by atoms with Crippen molar-refractivity contribution < 1.29 is 33.7 Å². The normalized spacial score (nSPS) is 13.1. The highest BCUT2D eigenvalue weighted by Crippen LogP contribution is 2.37. The van der Waals surface area contributed by atoms with Crippen LogP contribution in [-0.4, -0.2) is 55.5 Å². The van der Waals surface area contributed by atoms with Gasteiger partial charge in [-0.15, -0.1) is 0 Å². The fourth-order valence-electron chi connectivity index (χ4n) is 2.11. The van der Waals surface area contributed by atoms with E-state index in [0.717, 1.165) is 0 Å². The highest BCUT2D eigenvalue weighted by molar-refractivity contribution is 6.01. The molecule has 1 aromatic rings. The first-order valence-corrected chi connectivity index (χ1v) is 7.10. The Labute approximate surface area is 138 Å². The maximum atomic E-state index is 12.2. The number of esters is 1. The number of rotatable bonds is 5. The van der Waals surface area contributed by atoms with Crippen molar-refractivity contribution in [2.75, 3.05) is 32.8 Å². The van der Waals surface area contributed by atoms with E-state index < -0.39 is 23.9 Å². The summed E-state index contributed by atoms with van der Waals surface area (Å²) < 4.78 is 15.1. The fourth-order valence-corrected chi connectivity index (χ4v) is 2.11. The lowest BCUT2D eigenvalue weighted by atomic mass is 10.1. The number of fused-ring (bicyclic) bond motifs is 1. The predicted octanol–water partition coefficient (Wildman–Crippen LogP) is 1.39. The molecule has 0 fully saturated rings. The summed E-state index contributed by atoms with van der Waals surface area (Å²) in [5.41, 5.74) is 0.292. The summed E-state index contributed by atoms with van der Waals surface area (Å²) in [5, 5.41) is 11.5. The van der Waals surface area contributed by atoms with E-state index in [9.17, 15) is 14.4 Å². The van der Waals surface area contributed by atoms with Crippen LogP contribution in [0.2, 0.25) is 0 Å². The van der Waals surface area contributed by atoms with Crippen molar-refractivity contribution >= 4 is 23.7 Å². The van der Waals surface area contributed by atoms with Gasteiger partial charge in [-0.1, -0.05) is 6.92 Å². The molecule has 0 bridgehead atoms. The standard InChI is InChI=1S/C15H18N2O7/c1-8(13(18)19)6-17(2)15(21)16-10-5-12-11(23-7-24-12)4-9(10)14(20)22-3/h4-5,8H,6-7H2,1-3H3,(H,16,21)(H,18,19). The number of hydrogen-bond acceptors (Lipinski definition) is 6. The Hall–Kier alpha value is -2.97. The molecule has 0 radical (unpaired) electrons.